The topological polar surface area (TPSA) is 78.4 Å². The van der Waals surface area contributed by atoms with Crippen LogP contribution >= 0.6 is 0 Å². The maximum atomic E-state index is 12.8. The van der Waals surface area contributed by atoms with Gasteiger partial charge in [0.25, 0.3) is 0 Å². The molecule has 2 saturated heterocycles. The van der Waals surface area contributed by atoms with E-state index in [1.165, 1.54) is 0 Å². The standard InChI is InChI=1S/C22H27N5O2/c1-16(18-4-2-5-19(14-18)27-11-3-6-21(27)28)25-22(29)17-7-12-26(13-8-17)20-15-23-9-10-24-20/h2,4-5,9-10,14-17H,3,6-8,11-13H2,1H3,(H,25,29)/t16-/m0/s1. The number of nitrogens with zero attached hydrogens (tertiary/aromatic N) is 4. The zero-order chi connectivity index (χ0) is 20.2. The Hall–Kier alpha value is -2.96. The van der Waals surface area contributed by atoms with Crippen molar-refractivity contribution in [2.45, 2.75) is 38.6 Å². The van der Waals surface area contributed by atoms with Crippen LogP contribution in [-0.2, 0) is 9.59 Å². The van der Waals surface area contributed by atoms with E-state index in [9.17, 15) is 9.59 Å². The second kappa shape index (κ2) is 8.59. The van der Waals surface area contributed by atoms with Crippen LogP contribution in [0.2, 0.25) is 0 Å². The van der Waals surface area contributed by atoms with E-state index in [-0.39, 0.29) is 23.8 Å². The van der Waals surface area contributed by atoms with E-state index in [1.54, 1.807) is 18.6 Å². The van der Waals surface area contributed by atoms with E-state index in [2.05, 4.69) is 20.2 Å². The SMILES string of the molecule is C[C@H](NC(=O)C1CCN(c2cnccn2)CC1)c1cccc(N2CCCC2=O)c1. The Bertz CT molecular complexity index is 865. The average Bonchev–Trinajstić information content (AvgIpc) is 3.20. The van der Waals surface area contributed by atoms with Gasteiger partial charge in [-0.15, -0.1) is 0 Å². The number of carbonyl (C=O) groups excluding carboxylic acids is 2. The van der Waals surface area contributed by atoms with Gasteiger partial charge in [0.05, 0.1) is 12.2 Å². The van der Waals surface area contributed by atoms with E-state index in [4.69, 9.17) is 0 Å². The summed E-state index contributed by atoms with van der Waals surface area (Å²) in [5.41, 5.74) is 1.94. The smallest absolute Gasteiger partial charge is 0.227 e. The Balaban J connectivity index is 1.34. The van der Waals surface area contributed by atoms with E-state index in [0.717, 1.165) is 56.0 Å². The molecule has 2 amide bonds. The number of hydrogen-bond donors (Lipinski definition) is 1. The molecule has 7 heteroatoms. The molecule has 0 saturated carbocycles. The van der Waals surface area contributed by atoms with Crippen LogP contribution in [0.4, 0.5) is 11.5 Å². The molecule has 2 aromatic rings. The third kappa shape index (κ3) is 4.39. The van der Waals surface area contributed by atoms with Crippen molar-refractivity contribution in [2.24, 2.45) is 5.92 Å². The fourth-order valence-corrected chi connectivity index (χ4v) is 4.12. The Labute approximate surface area is 171 Å². The summed E-state index contributed by atoms with van der Waals surface area (Å²) in [6.07, 6.45) is 8.25. The first-order valence-corrected chi connectivity index (χ1v) is 10.3. The van der Waals surface area contributed by atoms with Gasteiger partial charge in [-0.1, -0.05) is 12.1 Å². The first-order valence-electron chi connectivity index (χ1n) is 10.3. The van der Waals surface area contributed by atoms with Gasteiger partial charge in [-0.25, -0.2) is 4.98 Å². The number of piperidine rings is 1. The van der Waals surface area contributed by atoms with Crippen LogP contribution in [0.3, 0.4) is 0 Å². The lowest BCUT2D eigenvalue weighted by molar-refractivity contribution is -0.126. The van der Waals surface area contributed by atoms with Gasteiger partial charge in [0.2, 0.25) is 11.8 Å². The Morgan fingerprint density at radius 1 is 1.21 bits per heavy atom. The minimum Gasteiger partial charge on any atom is -0.355 e. The third-order valence-corrected chi connectivity index (χ3v) is 5.85. The average molecular weight is 393 g/mol. The number of amides is 2. The molecule has 1 atom stereocenters. The van der Waals surface area contributed by atoms with Crippen molar-refractivity contribution < 1.29 is 9.59 Å². The molecule has 1 aromatic carbocycles. The molecular formula is C22H27N5O2. The minimum absolute atomic E-state index is 0.00807. The first-order chi connectivity index (χ1) is 14.1. The molecule has 3 heterocycles. The Morgan fingerprint density at radius 3 is 2.72 bits per heavy atom. The Morgan fingerprint density at radius 2 is 2.03 bits per heavy atom. The molecule has 2 aliphatic rings. The summed E-state index contributed by atoms with van der Waals surface area (Å²) in [5.74, 6) is 1.15. The monoisotopic (exact) mass is 393 g/mol. The number of hydrogen-bond acceptors (Lipinski definition) is 5. The van der Waals surface area contributed by atoms with Crippen molar-refractivity contribution in [3.63, 3.8) is 0 Å². The highest BCUT2D eigenvalue weighted by Gasteiger charge is 2.27. The van der Waals surface area contributed by atoms with Crippen molar-refractivity contribution in [1.82, 2.24) is 15.3 Å². The molecule has 7 nitrogen and oxygen atoms in total. The van der Waals surface area contributed by atoms with E-state index in [1.807, 2.05) is 36.1 Å². The molecule has 152 valence electrons. The zero-order valence-electron chi connectivity index (χ0n) is 16.8. The van der Waals surface area contributed by atoms with Crippen LogP contribution in [0.25, 0.3) is 0 Å². The molecule has 1 aromatic heterocycles. The van der Waals surface area contributed by atoms with Crippen LogP contribution in [-0.4, -0.2) is 41.4 Å². The van der Waals surface area contributed by atoms with E-state index < -0.39 is 0 Å². The van der Waals surface area contributed by atoms with E-state index >= 15 is 0 Å². The van der Waals surface area contributed by atoms with Gasteiger partial charge >= 0.3 is 0 Å². The largest absolute Gasteiger partial charge is 0.355 e. The summed E-state index contributed by atoms with van der Waals surface area (Å²) in [6, 6.07) is 7.84. The maximum absolute atomic E-state index is 12.8. The summed E-state index contributed by atoms with van der Waals surface area (Å²) >= 11 is 0. The number of aromatic nitrogens is 2. The molecule has 1 N–H and O–H groups in total. The number of nitrogens with one attached hydrogen (secondary N) is 1. The fraction of sp³-hybridized carbons (Fsp3) is 0.455. The first kappa shape index (κ1) is 19.4. The summed E-state index contributed by atoms with van der Waals surface area (Å²) in [7, 11) is 0. The molecule has 0 spiro atoms. The van der Waals surface area contributed by atoms with Crippen molar-refractivity contribution in [3.05, 3.63) is 48.4 Å². The second-order valence-electron chi connectivity index (χ2n) is 7.80. The summed E-state index contributed by atoms with van der Waals surface area (Å²) in [5, 5.41) is 3.16. The molecule has 0 unspecified atom stereocenters. The van der Waals surface area contributed by atoms with Crippen LogP contribution in [0.5, 0.6) is 0 Å². The van der Waals surface area contributed by atoms with Crippen LogP contribution in [0, 0.1) is 5.92 Å². The molecule has 2 aliphatic heterocycles. The van der Waals surface area contributed by atoms with Gasteiger partial charge < -0.3 is 15.1 Å². The van der Waals surface area contributed by atoms with Crippen LogP contribution in [0.15, 0.2) is 42.9 Å². The van der Waals surface area contributed by atoms with Gasteiger partial charge in [0.15, 0.2) is 0 Å². The molecule has 0 aliphatic carbocycles. The summed E-state index contributed by atoms with van der Waals surface area (Å²) < 4.78 is 0. The summed E-state index contributed by atoms with van der Waals surface area (Å²) in [4.78, 5) is 37.3. The number of carbonyl (C=O) groups is 2. The number of rotatable bonds is 5. The van der Waals surface area contributed by atoms with Crippen molar-refractivity contribution >= 4 is 23.3 Å². The van der Waals surface area contributed by atoms with Gasteiger partial charge in [-0.2, -0.15) is 0 Å². The summed E-state index contributed by atoms with van der Waals surface area (Å²) in [6.45, 7) is 4.38. The molecular weight excluding hydrogens is 366 g/mol. The van der Waals surface area contributed by atoms with Crippen molar-refractivity contribution in [3.8, 4) is 0 Å². The fourth-order valence-electron chi connectivity index (χ4n) is 4.12. The van der Waals surface area contributed by atoms with Crippen LogP contribution < -0.4 is 15.1 Å². The maximum Gasteiger partial charge on any atom is 0.227 e. The Kier molecular flexibility index (Phi) is 5.74. The van der Waals surface area contributed by atoms with Gasteiger partial charge in [0.1, 0.15) is 5.82 Å². The number of anilines is 2. The predicted octanol–water partition coefficient (Wildman–Crippen LogP) is 2.70. The molecule has 4 rings (SSSR count). The molecule has 0 bridgehead atoms. The van der Waals surface area contributed by atoms with Gasteiger partial charge in [0, 0.05) is 50.1 Å². The van der Waals surface area contributed by atoms with Gasteiger partial charge in [-0.05, 0) is 43.9 Å². The second-order valence-corrected chi connectivity index (χ2v) is 7.80. The molecule has 0 radical (unpaired) electrons. The minimum atomic E-state index is -0.0989. The van der Waals surface area contributed by atoms with Gasteiger partial charge in [-0.3, -0.25) is 14.6 Å². The lowest BCUT2D eigenvalue weighted by Crippen LogP contribution is -2.41. The zero-order valence-corrected chi connectivity index (χ0v) is 16.8. The van der Waals surface area contributed by atoms with Crippen molar-refractivity contribution in [1.29, 1.82) is 0 Å². The lowest BCUT2D eigenvalue weighted by atomic mass is 9.95. The van der Waals surface area contributed by atoms with E-state index in [0.29, 0.717) is 6.42 Å². The molecule has 29 heavy (non-hydrogen) atoms. The highest BCUT2D eigenvalue weighted by molar-refractivity contribution is 5.95. The normalized spacial score (nSPS) is 18.7. The number of benzene rings is 1. The predicted molar refractivity (Wildman–Crippen MR) is 112 cm³/mol. The quantitative estimate of drug-likeness (QED) is 0.845. The molecule has 2 fully saturated rings. The highest BCUT2D eigenvalue weighted by atomic mass is 16.2. The lowest BCUT2D eigenvalue weighted by Gasteiger charge is -2.32. The van der Waals surface area contributed by atoms with Crippen molar-refractivity contribution in [2.75, 3.05) is 29.4 Å². The van der Waals surface area contributed by atoms with Crippen LogP contribution in [0.1, 0.15) is 44.2 Å². The highest BCUT2D eigenvalue weighted by Crippen LogP contribution is 2.26. The third-order valence-electron chi connectivity index (χ3n) is 5.85.